The van der Waals surface area contributed by atoms with Gasteiger partial charge in [-0.15, -0.1) is 0 Å². The zero-order valence-electron chi connectivity index (χ0n) is 8.91. The van der Waals surface area contributed by atoms with Gasteiger partial charge in [0.2, 0.25) is 0 Å². The second-order valence-corrected chi connectivity index (χ2v) is 3.96. The summed E-state index contributed by atoms with van der Waals surface area (Å²) >= 11 is 5.82. The highest BCUT2D eigenvalue weighted by atomic mass is 35.5. The number of benzene rings is 1. The summed E-state index contributed by atoms with van der Waals surface area (Å²) in [5, 5.41) is 30.1. The summed E-state index contributed by atoms with van der Waals surface area (Å²) in [7, 11) is 0. The van der Waals surface area contributed by atoms with E-state index in [2.05, 4.69) is 0 Å². The van der Waals surface area contributed by atoms with E-state index in [1.807, 2.05) is 0 Å². The number of hydrogen-bond donors (Lipinski definition) is 3. The summed E-state index contributed by atoms with van der Waals surface area (Å²) in [4.78, 5) is 9.99. The minimum absolute atomic E-state index is 0.127. The average Bonchev–Trinajstić information content (AvgIpc) is 2.28. The number of rotatable bonds is 5. The lowest BCUT2D eigenvalue weighted by molar-refractivity contribution is -0.385. The van der Waals surface area contributed by atoms with Gasteiger partial charge in [-0.3, -0.25) is 10.1 Å². The molecule has 1 aromatic rings. The molecular formula is C10H13ClN2O4. The molecule has 0 fully saturated rings. The molecule has 0 aliphatic carbocycles. The van der Waals surface area contributed by atoms with Gasteiger partial charge in [0, 0.05) is 22.7 Å². The number of nitro benzene ring substituents is 1. The minimum Gasteiger partial charge on any atom is -0.390 e. The molecule has 0 aliphatic heterocycles. The highest BCUT2D eigenvalue weighted by molar-refractivity contribution is 6.31. The van der Waals surface area contributed by atoms with Crippen molar-refractivity contribution in [3.05, 3.63) is 38.9 Å². The van der Waals surface area contributed by atoms with Crippen LogP contribution < -0.4 is 5.73 Å². The van der Waals surface area contributed by atoms with Crippen molar-refractivity contribution in [3.63, 3.8) is 0 Å². The van der Waals surface area contributed by atoms with Crippen molar-refractivity contribution in [2.45, 2.75) is 18.6 Å². The van der Waals surface area contributed by atoms with E-state index in [1.165, 1.54) is 12.1 Å². The molecule has 17 heavy (non-hydrogen) atoms. The summed E-state index contributed by atoms with van der Waals surface area (Å²) < 4.78 is 0. The maximum Gasteiger partial charge on any atom is 0.269 e. The van der Waals surface area contributed by atoms with Gasteiger partial charge in [0.25, 0.3) is 5.69 Å². The van der Waals surface area contributed by atoms with Crippen LogP contribution in [0, 0.1) is 10.1 Å². The van der Waals surface area contributed by atoms with E-state index in [1.54, 1.807) is 0 Å². The number of halogens is 1. The van der Waals surface area contributed by atoms with Crippen LogP contribution in [0.5, 0.6) is 0 Å². The van der Waals surface area contributed by atoms with Gasteiger partial charge in [-0.2, -0.15) is 0 Å². The van der Waals surface area contributed by atoms with Crippen LogP contribution >= 0.6 is 11.6 Å². The van der Waals surface area contributed by atoms with Crippen LogP contribution in [0.3, 0.4) is 0 Å². The third-order valence-corrected chi connectivity index (χ3v) is 2.68. The highest BCUT2D eigenvalue weighted by Crippen LogP contribution is 2.29. The lowest BCUT2D eigenvalue weighted by atomic mass is 10.0. The van der Waals surface area contributed by atoms with Crippen LogP contribution in [0.1, 0.15) is 18.1 Å². The predicted octanol–water partition coefficient (Wildman–Crippen LogP) is 0.991. The van der Waals surface area contributed by atoms with Gasteiger partial charge in [0.05, 0.1) is 11.0 Å². The quantitative estimate of drug-likeness (QED) is 0.540. The smallest absolute Gasteiger partial charge is 0.269 e. The van der Waals surface area contributed by atoms with E-state index in [9.17, 15) is 20.3 Å². The molecule has 2 unspecified atom stereocenters. The molecule has 6 nitrogen and oxygen atoms in total. The van der Waals surface area contributed by atoms with Crippen molar-refractivity contribution in [3.8, 4) is 0 Å². The highest BCUT2D eigenvalue weighted by Gasteiger charge is 2.22. The van der Waals surface area contributed by atoms with Gasteiger partial charge < -0.3 is 15.9 Å². The molecule has 0 radical (unpaired) electrons. The van der Waals surface area contributed by atoms with Gasteiger partial charge in [0.1, 0.15) is 6.10 Å². The molecule has 1 aromatic carbocycles. The number of hydrogen-bond acceptors (Lipinski definition) is 5. The molecule has 0 heterocycles. The van der Waals surface area contributed by atoms with E-state index in [0.717, 1.165) is 6.07 Å². The van der Waals surface area contributed by atoms with Gasteiger partial charge in [-0.1, -0.05) is 11.6 Å². The number of nitrogens with two attached hydrogens (primary N) is 1. The van der Waals surface area contributed by atoms with Crippen molar-refractivity contribution in [2.75, 3.05) is 6.54 Å². The molecule has 1 rings (SSSR count). The van der Waals surface area contributed by atoms with Crippen molar-refractivity contribution in [1.29, 1.82) is 0 Å². The van der Waals surface area contributed by atoms with E-state index in [4.69, 9.17) is 17.3 Å². The van der Waals surface area contributed by atoms with Crippen LogP contribution in [0.15, 0.2) is 18.2 Å². The standard InChI is InChI=1S/C10H13ClN2O4/c11-8-2-1-6(13(16)17)5-7(8)10(15)9(14)3-4-12/h1-2,5,9-10,14-15H,3-4,12H2. The zero-order chi connectivity index (χ0) is 13.0. The Morgan fingerprint density at radius 2 is 2.12 bits per heavy atom. The Morgan fingerprint density at radius 3 is 2.65 bits per heavy atom. The Morgan fingerprint density at radius 1 is 1.47 bits per heavy atom. The Kier molecular flexibility index (Phi) is 4.83. The maximum atomic E-state index is 10.6. The fraction of sp³-hybridized carbons (Fsp3) is 0.400. The van der Waals surface area contributed by atoms with Gasteiger partial charge in [0.15, 0.2) is 0 Å². The van der Waals surface area contributed by atoms with Crippen LogP contribution in [0.2, 0.25) is 5.02 Å². The average molecular weight is 261 g/mol. The SMILES string of the molecule is NCCC(O)C(O)c1cc([N+](=O)[O-])ccc1Cl. The van der Waals surface area contributed by atoms with E-state index in [0.29, 0.717) is 0 Å². The van der Waals surface area contributed by atoms with Crippen LogP contribution in [0.25, 0.3) is 0 Å². The van der Waals surface area contributed by atoms with Gasteiger partial charge >= 0.3 is 0 Å². The summed E-state index contributed by atoms with van der Waals surface area (Å²) in [5.74, 6) is 0. The van der Waals surface area contributed by atoms with Crippen LogP contribution in [-0.2, 0) is 0 Å². The van der Waals surface area contributed by atoms with E-state index >= 15 is 0 Å². The van der Waals surface area contributed by atoms with Crippen molar-refractivity contribution >= 4 is 17.3 Å². The van der Waals surface area contributed by atoms with Gasteiger partial charge in [-0.25, -0.2) is 0 Å². The van der Waals surface area contributed by atoms with Crippen LogP contribution in [-0.4, -0.2) is 27.8 Å². The number of nitrogens with zero attached hydrogens (tertiary/aromatic N) is 1. The molecule has 0 amide bonds. The van der Waals surface area contributed by atoms with Crippen molar-refractivity contribution in [1.82, 2.24) is 0 Å². The topological polar surface area (TPSA) is 110 Å². The Bertz CT molecular complexity index is 413. The molecule has 2 atom stereocenters. The molecule has 4 N–H and O–H groups in total. The first kappa shape index (κ1) is 13.9. The Labute approximate surface area is 103 Å². The molecular weight excluding hydrogens is 248 g/mol. The summed E-state index contributed by atoms with van der Waals surface area (Å²) in [5.41, 5.74) is 5.18. The second kappa shape index (κ2) is 5.92. The second-order valence-electron chi connectivity index (χ2n) is 3.55. The van der Waals surface area contributed by atoms with Crippen molar-refractivity contribution in [2.24, 2.45) is 5.73 Å². The fourth-order valence-corrected chi connectivity index (χ4v) is 1.64. The van der Waals surface area contributed by atoms with Crippen molar-refractivity contribution < 1.29 is 15.1 Å². The molecule has 7 heteroatoms. The Balaban J connectivity index is 3.03. The number of nitro groups is 1. The molecule has 0 aromatic heterocycles. The first-order chi connectivity index (χ1) is 7.97. The summed E-state index contributed by atoms with van der Waals surface area (Å²) in [6.45, 7) is 0.199. The first-order valence-corrected chi connectivity index (χ1v) is 5.35. The molecule has 94 valence electrons. The fourth-order valence-electron chi connectivity index (χ4n) is 1.41. The predicted molar refractivity (Wildman–Crippen MR) is 62.7 cm³/mol. The number of aliphatic hydroxyl groups excluding tert-OH is 2. The largest absolute Gasteiger partial charge is 0.390 e. The maximum absolute atomic E-state index is 10.6. The summed E-state index contributed by atoms with van der Waals surface area (Å²) in [6.07, 6.45) is -2.20. The Hall–Kier alpha value is -1.21. The number of aliphatic hydroxyl groups is 2. The third-order valence-electron chi connectivity index (χ3n) is 2.34. The first-order valence-electron chi connectivity index (χ1n) is 4.97. The normalized spacial score (nSPS) is 14.4. The molecule has 0 saturated carbocycles. The van der Waals surface area contributed by atoms with Gasteiger partial charge in [-0.05, 0) is 19.0 Å². The molecule has 0 bridgehead atoms. The zero-order valence-corrected chi connectivity index (χ0v) is 9.67. The van der Waals surface area contributed by atoms with E-state index < -0.39 is 17.1 Å². The lowest BCUT2D eigenvalue weighted by Crippen LogP contribution is -2.22. The minimum atomic E-state index is -1.29. The molecule has 0 spiro atoms. The summed E-state index contributed by atoms with van der Waals surface area (Å²) in [6, 6.07) is 3.69. The molecule has 0 saturated heterocycles. The number of non-ortho nitro benzene ring substituents is 1. The van der Waals surface area contributed by atoms with Crippen LogP contribution in [0.4, 0.5) is 5.69 Å². The molecule has 0 aliphatic rings. The lowest BCUT2D eigenvalue weighted by Gasteiger charge is -2.18. The monoisotopic (exact) mass is 260 g/mol. The van der Waals surface area contributed by atoms with E-state index in [-0.39, 0.29) is 29.2 Å². The third kappa shape index (κ3) is 3.37.